The number of aliphatic imine (C=N–C) groups is 1. The Kier molecular flexibility index (Phi) is 7.82. The monoisotopic (exact) mass is 478 g/mol. The largest absolute Gasteiger partial charge is 0.497 e. The van der Waals surface area contributed by atoms with Gasteiger partial charge >= 0.3 is 0 Å². The summed E-state index contributed by atoms with van der Waals surface area (Å²) in [6.07, 6.45) is 1.37. The predicted molar refractivity (Wildman–Crippen MR) is 129 cm³/mol. The molecule has 2 aliphatic rings. The first-order valence-corrected chi connectivity index (χ1v) is 12.1. The van der Waals surface area contributed by atoms with E-state index in [2.05, 4.69) is 16.7 Å². The predicted octanol–water partition coefficient (Wildman–Crippen LogP) is 2.74. The second-order valence-corrected chi connectivity index (χ2v) is 10.1. The molecule has 0 amide bonds. The number of aryl methyl sites for hydroxylation is 1. The summed E-state index contributed by atoms with van der Waals surface area (Å²) >= 11 is 0. The number of halogens is 1. The number of rotatable bonds is 5. The highest BCUT2D eigenvalue weighted by Gasteiger charge is 2.43. The van der Waals surface area contributed by atoms with E-state index in [4.69, 9.17) is 9.73 Å². The number of hydrogen-bond acceptors (Lipinski definition) is 6. The van der Waals surface area contributed by atoms with Gasteiger partial charge in [0.2, 0.25) is 10.0 Å². The summed E-state index contributed by atoms with van der Waals surface area (Å²) in [7, 11) is -1.82. The van der Waals surface area contributed by atoms with Crippen LogP contribution >= 0.6 is 12.4 Å². The number of benzene rings is 2. The summed E-state index contributed by atoms with van der Waals surface area (Å²) in [5.41, 5.74) is 1.85. The number of piperidine rings is 1. The van der Waals surface area contributed by atoms with Crippen LogP contribution in [0.3, 0.4) is 0 Å². The minimum absolute atomic E-state index is 0. The summed E-state index contributed by atoms with van der Waals surface area (Å²) in [6, 6.07) is 15.0. The molecule has 2 aliphatic heterocycles. The molecule has 1 spiro atoms. The van der Waals surface area contributed by atoms with Crippen LogP contribution in [0.2, 0.25) is 0 Å². The van der Waals surface area contributed by atoms with Crippen LogP contribution in [0.5, 0.6) is 5.75 Å². The fourth-order valence-electron chi connectivity index (χ4n) is 4.27. The number of amidine groups is 1. The van der Waals surface area contributed by atoms with Crippen molar-refractivity contribution in [2.45, 2.75) is 36.7 Å². The van der Waals surface area contributed by atoms with Crippen molar-refractivity contribution in [2.75, 3.05) is 33.3 Å². The Bertz CT molecular complexity index is 1050. The SMILES string of the molecule is COc1cccc(CNC2=NCCNC23CCN(S(=O)(=O)c2ccc(C)cc2)CC3)c1.Cl. The maximum Gasteiger partial charge on any atom is 0.243 e. The van der Waals surface area contributed by atoms with Crippen LogP contribution < -0.4 is 15.4 Å². The van der Waals surface area contributed by atoms with E-state index in [0.29, 0.717) is 43.9 Å². The number of ether oxygens (including phenoxy) is 1. The third-order valence-corrected chi connectivity index (χ3v) is 8.04. The fourth-order valence-corrected chi connectivity index (χ4v) is 5.71. The molecule has 2 aromatic rings. The standard InChI is InChI=1S/C23H30N4O3S.ClH/c1-18-6-8-21(9-7-18)31(28,29)27-14-10-23(11-15-27)22(24-12-13-26-23)25-17-19-4-3-5-20(16-19)30-2;/h3-9,16,26H,10-15,17H2,1-2H3,(H,24,25);1H. The zero-order valence-corrected chi connectivity index (χ0v) is 20.1. The molecule has 4 rings (SSSR count). The van der Waals surface area contributed by atoms with Gasteiger partial charge < -0.3 is 15.4 Å². The van der Waals surface area contributed by atoms with Crippen molar-refractivity contribution in [3.63, 3.8) is 0 Å². The maximum atomic E-state index is 13.1. The molecule has 0 bridgehead atoms. The third-order valence-electron chi connectivity index (χ3n) is 6.13. The van der Waals surface area contributed by atoms with Gasteiger partial charge in [-0.2, -0.15) is 4.31 Å². The van der Waals surface area contributed by atoms with E-state index in [1.165, 1.54) is 0 Å². The molecule has 0 radical (unpaired) electrons. The van der Waals surface area contributed by atoms with Crippen LogP contribution in [0.15, 0.2) is 58.4 Å². The summed E-state index contributed by atoms with van der Waals surface area (Å²) in [4.78, 5) is 5.12. The molecule has 174 valence electrons. The number of sulfonamides is 1. The lowest BCUT2D eigenvalue weighted by Crippen LogP contribution is -2.64. The molecule has 1 saturated heterocycles. The van der Waals surface area contributed by atoms with Crippen LogP contribution in [-0.2, 0) is 16.6 Å². The van der Waals surface area contributed by atoms with Crippen molar-refractivity contribution in [3.8, 4) is 5.75 Å². The molecule has 0 unspecified atom stereocenters. The zero-order chi connectivity index (χ0) is 21.9. The minimum atomic E-state index is -3.48. The second kappa shape index (κ2) is 10.2. The van der Waals surface area contributed by atoms with Gasteiger partial charge in [0, 0.05) is 26.2 Å². The molecule has 0 aromatic heterocycles. The van der Waals surface area contributed by atoms with E-state index in [9.17, 15) is 8.42 Å². The van der Waals surface area contributed by atoms with Crippen LogP contribution in [0.1, 0.15) is 24.0 Å². The highest BCUT2D eigenvalue weighted by molar-refractivity contribution is 7.89. The molecule has 2 aromatic carbocycles. The molecule has 1 fully saturated rings. The normalized spacial score (nSPS) is 18.5. The van der Waals surface area contributed by atoms with Crippen LogP contribution in [-0.4, -0.2) is 57.4 Å². The summed E-state index contributed by atoms with van der Waals surface area (Å²) in [6.45, 7) is 5.04. The molecule has 2 N–H and O–H groups in total. The maximum absolute atomic E-state index is 13.1. The number of methoxy groups -OCH3 is 1. The highest BCUT2D eigenvalue weighted by Crippen LogP contribution is 2.29. The quantitative estimate of drug-likeness (QED) is 0.690. The zero-order valence-electron chi connectivity index (χ0n) is 18.5. The third kappa shape index (κ3) is 5.09. The van der Waals surface area contributed by atoms with Gasteiger partial charge in [0.25, 0.3) is 0 Å². The van der Waals surface area contributed by atoms with Gasteiger partial charge in [-0.15, -0.1) is 12.4 Å². The molecule has 0 atom stereocenters. The van der Waals surface area contributed by atoms with E-state index in [-0.39, 0.29) is 17.9 Å². The van der Waals surface area contributed by atoms with Crippen molar-refractivity contribution in [1.29, 1.82) is 0 Å². The molecule has 2 heterocycles. The van der Waals surface area contributed by atoms with Crippen molar-refractivity contribution in [1.82, 2.24) is 14.9 Å². The Morgan fingerprint density at radius 2 is 1.88 bits per heavy atom. The van der Waals surface area contributed by atoms with E-state index in [1.54, 1.807) is 23.5 Å². The topological polar surface area (TPSA) is 83.0 Å². The van der Waals surface area contributed by atoms with Gasteiger partial charge in [0.15, 0.2) is 0 Å². The van der Waals surface area contributed by atoms with Crippen molar-refractivity contribution in [2.24, 2.45) is 4.99 Å². The van der Waals surface area contributed by atoms with Crippen molar-refractivity contribution >= 4 is 28.3 Å². The molecule has 9 heteroatoms. The first kappa shape index (κ1) is 24.5. The van der Waals surface area contributed by atoms with Gasteiger partial charge in [-0.1, -0.05) is 29.8 Å². The smallest absolute Gasteiger partial charge is 0.243 e. The average Bonchev–Trinajstić information content (AvgIpc) is 2.79. The van der Waals surface area contributed by atoms with Crippen LogP contribution in [0, 0.1) is 6.92 Å². The second-order valence-electron chi connectivity index (χ2n) is 8.16. The first-order valence-electron chi connectivity index (χ1n) is 10.7. The van der Waals surface area contributed by atoms with E-state index >= 15 is 0 Å². The molecular formula is C23H31ClN4O3S. The lowest BCUT2D eigenvalue weighted by atomic mass is 9.85. The lowest BCUT2D eigenvalue weighted by molar-refractivity contribution is 0.241. The molecule has 0 saturated carbocycles. The number of nitrogens with one attached hydrogen (secondary N) is 2. The van der Waals surface area contributed by atoms with Gasteiger partial charge in [0.1, 0.15) is 11.6 Å². The molecule has 7 nitrogen and oxygen atoms in total. The summed E-state index contributed by atoms with van der Waals surface area (Å²) in [5.74, 6) is 1.75. The first-order chi connectivity index (χ1) is 14.9. The lowest BCUT2D eigenvalue weighted by Gasteiger charge is -2.44. The van der Waals surface area contributed by atoms with Crippen LogP contribution in [0.4, 0.5) is 0 Å². The van der Waals surface area contributed by atoms with Gasteiger partial charge in [0.05, 0.1) is 24.1 Å². The van der Waals surface area contributed by atoms with Gasteiger partial charge in [-0.25, -0.2) is 8.42 Å². The minimum Gasteiger partial charge on any atom is -0.497 e. The number of hydrogen-bond donors (Lipinski definition) is 2. The summed E-state index contributed by atoms with van der Waals surface area (Å²) < 4.78 is 33.0. The van der Waals surface area contributed by atoms with Gasteiger partial charge in [-0.3, -0.25) is 4.99 Å². The Morgan fingerprint density at radius 1 is 1.16 bits per heavy atom. The Balaban J connectivity index is 0.00000289. The molecular weight excluding hydrogens is 448 g/mol. The molecule has 32 heavy (non-hydrogen) atoms. The van der Waals surface area contributed by atoms with E-state index in [1.807, 2.05) is 37.3 Å². The van der Waals surface area contributed by atoms with Gasteiger partial charge in [-0.05, 0) is 49.6 Å². The van der Waals surface area contributed by atoms with E-state index in [0.717, 1.165) is 29.3 Å². The number of nitrogens with zero attached hydrogens (tertiary/aromatic N) is 2. The summed E-state index contributed by atoms with van der Waals surface area (Å²) in [5, 5.41) is 7.13. The highest BCUT2D eigenvalue weighted by atomic mass is 35.5. The Hall–Kier alpha value is -2.13. The Morgan fingerprint density at radius 3 is 2.56 bits per heavy atom. The fraction of sp³-hybridized carbons (Fsp3) is 0.435. The van der Waals surface area contributed by atoms with Crippen LogP contribution in [0.25, 0.3) is 0 Å². The average molecular weight is 479 g/mol. The van der Waals surface area contributed by atoms with Crippen molar-refractivity contribution in [3.05, 3.63) is 59.7 Å². The van der Waals surface area contributed by atoms with Crippen molar-refractivity contribution < 1.29 is 13.2 Å². The Labute approximate surface area is 196 Å². The molecule has 0 aliphatic carbocycles. The van der Waals surface area contributed by atoms with E-state index < -0.39 is 10.0 Å².